The molecule has 0 unspecified atom stereocenters. The van der Waals surface area contributed by atoms with Crippen LogP contribution in [-0.2, 0) is 0 Å². The minimum Gasteiger partial charge on any atom is -0.497 e. The van der Waals surface area contributed by atoms with Gasteiger partial charge in [-0.25, -0.2) is 4.98 Å². The number of methoxy groups -OCH3 is 1. The lowest BCUT2D eigenvalue weighted by Gasteiger charge is -2.13. The van der Waals surface area contributed by atoms with Gasteiger partial charge in [-0.3, -0.25) is 4.99 Å². The highest BCUT2D eigenvalue weighted by Gasteiger charge is 2.10. The smallest absolute Gasteiger partial charge is 0.185 e. The van der Waals surface area contributed by atoms with Gasteiger partial charge in [0, 0.05) is 22.3 Å². The lowest BCUT2D eigenvalue weighted by Crippen LogP contribution is -2.24. The van der Waals surface area contributed by atoms with E-state index in [2.05, 4.69) is 15.3 Å². The Morgan fingerprint density at radius 1 is 1.17 bits per heavy atom. The topological polar surface area (TPSA) is 98.5 Å². The molecule has 1 aromatic heterocycles. The number of aromatic nitrogens is 1. The largest absolute Gasteiger partial charge is 0.497 e. The second-order valence-electron chi connectivity index (χ2n) is 5.26. The number of guanidine groups is 1. The van der Waals surface area contributed by atoms with Crippen molar-refractivity contribution in [3.05, 3.63) is 41.4 Å². The Labute approximate surface area is 144 Å². The molecular weight excluding hydrogens is 326 g/mol. The van der Waals surface area contributed by atoms with Crippen molar-refractivity contribution in [1.29, 1.82) is 0 Å². The van der Waals surface area contributed by atoms with Gasteiger partial charge < -0.3 is 21.5 Å². The number of aliphatic imine (C=N–C) groups is 1. The van der Waals surface area contributed by atoms with Gasteiger partial charge in [0.15, 0.2) is 5.96 Å². The quantitative estimate of drug-likeness (QED) is 0.286. The first-order chi connectivity index (χ1) is 11.6. The van der Waals surface area contributed by atoms with Crippen LogP contribution < -0.4 is 21.5 Å². The number of nitrogens with two attached hydrogens (primary N) is 2. The van der Waals surface area contributed by atoms with Gasteiger partial charge in [-0.05, 0) is 36.4 Å². The molecule has 0 saturated heterocycles. The van der Waals surface area contributed by atoms with Crippen LogP contribution in [-0.4, -0.2) is 31.1 Å². The summed E-state index contributed by atoms with van der Waals surface area (Å²) in [4.78, 5) is 8.68. The summed E-state index contributed by atoms with van der Waals surface area (Å²) in [6.07, 6.45) is 0. The van der Waals surface area contributed by atoms with E-state index in [4.69, 9.17) is 27.8 Å². The number of pyridine rings is 1. The average Bonchev–Trinajstić information content (AvgIpc) is 2.56. The molecule has 124 valence electrons. The van der Waals surface area contributed by atoms with E-state index >= 15 is 0 Å². The van der Waals surface area contributed by atoms with Gasteiger partial charge in [-0.15, -0.1) is 0 Å². The summed E-state index contributed by atoms with van der Waals surface area (Å²) in [5, 5.41) is 5.99. The number of anilines is 1. The number of fused-ring (bicyclic) bond motifs is 2. The van der Waals surface area contributed by atoms with E-state index in [1.54, 1.807) is 7.11 Å². The zero-order chi connectivity index (χ0) is 17.1. The molecule has 3 rings (SSSR count). The predicted molar refractivity (Wildman–Crippen MR) is 100.0 cm³/mol. The molecule has 7 heteroatoms. The molecule has 1 heterocycles. The Balaban J connectivity index is 2.13. The van der Waals surface area contributed by atoms with Crippen molar-refractivity contribution in [2.75, 3.05) is 25.5 Å². The van der Waals surface area contributed by atoms with E-state index in [0.29, 0.717) is 18.1 Å². The van der Waals surface area contributed by atoms with Crippen molar-refractivity contribution in [3.8, 4) is 5.75 Å². The molecule has 2 aromatic carbocycles. The number of halogens is 1. The summed E-state index contributed by atoms with van der Waals surface area (Å²) in [7, 11) is 1.64. The van der Waals surface area contributed by atoms with Crippen LogP contribution in [0, 0.1) is 0 Å². The Hall–Kier alpha value is -2.73. The first-order valence-electron chi connectivity index (χ1n) is 7.45. The summed E-state index contributed by atoms with van der Waals surface area (Å²) >= 11 is 6.11. The van der Waals surface area contributed by atoms with Gasteiger partial charge in [-0.1, -0.05) is 11.6 Å². The molecule has 6 nitrogen and oxygen atoms in total. The molecule has 0 saturated carbocycles. The van der Waals surface area contributed by atoms with E-state index in [-0.39, 0.29) is 5.96 Å². The van der Waals surface area contributed by atoms with Crippen molar-refractivity contribution in [2.45, 2.75) is 0 Å². The first kappa shape index (κ1) is 16.1. The number of nitrogens with zero attached hydrogens (tertiary/aromatic N) is 2. The Kier molecular flexibility index (Phi) is 4.57. The predicted octanol–water partition coefficient (Wildman–Crippen LogP) is 2.74. The van der Waals surface area contributed by atoms with Crippen LogP contribution in [0.25, 0.3) is 21.8 Å². The molecule has 0 aliphatic rings. The van der Waals surface area contributed by atoms with E-state index in [1.165, 1.54) is 0 Å². The third-order valence-electron chi connectivity index (χ3n) is 3.65. The van der Waals surface area contributed by atoms with Gasteiger partial charge in [-0.2, -0.15) is 0 Å². The van der Waals surface area contributed by atoms with Gasteiger partial charge in [0.05, 0.1) is 30.4 Å². The molecule has 0 aliphatic heterocycles. The summed E-state index contributed by atoms with van der Waals surface area (Å²) in [6.45, 7) is 1.07. The molecule has 5 N–H and O–H groups in total. The second kappa shape index (κ2) is 6.80. The standard InChI is InChI=1S/C17H18ClN5O/c1-24-11-3-5-14-13(9-11)16(21-6-7-22-17(19)20)12-4-2-10(18)8-15(12)23-14/h2-5,8-9H,6-7H2,1H3,(H,21,23)(H4,19,20,22). The minimum absolute atomic E-state index is 0.0784. The van der Waals surface area contributed by atoms with Crippen LogP contribution in [0.5, 0.6) is 5.75 Å². The number of hydrogen-bond acceptors (Lipinski definition) is 4. The maximum Gasteiger partial charge on any atom is 0.185 e. The maximum absolute atomic E-state index is 6.11. The Bertz CT molecular complexity index is 922. The van der Waals surface area contributed by atoms with Crippen molar-refractivity contribution >= 4 is 45.1 Å². The van der Waals surface area contributed by atoms with Crippen molar-refractivity contribution in [2.24, 2.45) is 16.5 Å². The second-order valence-corrected chi connectivity index (χ2v) is 5.70. The van der Waals surface area contributed by atoms with Crippen molar-refractivity contribution in [3.63, 3.8) is 0 Å². The summed E-state index contributed by atoms with van der Waals surface area (Å²) < 4.78 is 5.33. The fourth-order valence-electron chi connectivity index (χ4n) is 2.58. The molecular formula is C17H18ClN5O. The van der Waals surface area contributed by atoms with Gasteiger partial charge in [0.25, 0.3) is 0 Å². The normalized spacial score (nSPS) is 10.8. The minimum atomic E-state index is 0.0784. The zero-order valence-electron chi connectivity index (χ0n) is 13.2. The fourth-order valence-corrected chi connectivity index (χ4v) is 2.75. The first-order valence-corrected chi connectivity index (χ1v) is 7.82. The summed E-state index contributed by atoms with van der Waals surface area (Å²) in [6, 6.07) is 11.4. The zero-order valence-corrected chi connectivity index (χ0v) is 14.0. The highest BCUT2D eigenvalue weighted by molar-refractivity contribution is 6.31. The van der Waals surface area contributed by atoms with Crippen molar-refractivity contribution < 1.29 is 4.74 Å². The number of hydrogen-bond donors (Lipinski definition) is 3. The molecule has 0 spiro atoms. The van der Waals surface area contributed by atoms with Crippen LogP contribution in [0.4, 0.5) is 5.69 Å². The molecule has 0 bridgehead atoms. The van der Waals surface area contributed by atoms with Crippen LogP contribution in [0.1, 0.15) is 0 Å². The molecule has 0 amide bonds. The molecule has 0 radical (unpaired) electrons. The molecule has 3 aromatic rings. The maximum atomic E-state index is 6.11. The highest BCUT2D eigenvalue weighted by atomic mass is 35.5. The number of nitrogens with one attached hydrogen (secondary N) is 1. The van der Waals surface area contributed by atoms with Crippen LogP contribution in [0.2, 0.25) is 5.02 Å². The lowest BCUT2D eigenvalue weighted by atomic mass is 10.1. The van der Waals surface area contributed by atoms with Crippen LogP contribution >= 0.6 is 11.6 Å². The fraction of sp³-hybridized carbons (Fsp3) is 0.176. The molecule has 0 aliphatic carbocycles. The molecule has 0 fully saturated rings. The highest BCUT2D eigenvalue weighted by Crippen LogP contribution is 2.34. The average molecular weight is 344 g/mol. The van der Waals surface area contributed by atoms with Crippen LogP contribution in [0.3, 0.4) is 0 Å². The third kappa shape index (κ3) is 3.28. The third-order valence-corrected chi connectivity index (χ3v) is 3.89. The Morgan fingerprint density at radius 2 is 2.00 bits per heavy atom. The van der Waals surface area contributed by atoms with E-state index in [9.17, 15) is 0 Å². The van der Waals surface area contributed by atoms with Gasteiger partial charge >= 0.3 is 0 Å². The van der Waals surface area contributed by atoms with E-state index < -0.39 is 0 Å². The summed E-state index contributed by atoms with van der Waals surface area (Å²) in [5.74, 6) is 0.847. The monoisotopic (exact) mass is 343 g/mol. The van der Waals surface area contributed by atoms with E-state index in [0.717, 1.165) is 33.2 Å². The number of rotatable bonds is 5. The number of ether oxygens (including phenoxy) is 1. The lowest BCUT2D eigenvalue weighted by molar-refractivity contribution is 0.415. The van der Waals surface area contributed by atoms with E-state index in [1.807, 2.05) is 36.4 Å². The Morgan fingerprint density at radius 3 is 2.75 bits per heavy atom. The SMILES string of the molecule is COc1ccc2nc3cc(Cl)ccc3c(NCCN=C(N)N)c2c1. The molecule has 24 heavy (non-hydrogen) atoms. The number of benzene rings is 2. The van der Waals surface area contributed by atoms with Crippen molar-refractivity contribution in [1.82, 2.24) is 4.98 Å². The van der Waals surface area contributed by atoms with Gasteiger partial charge in [0.1, 0.15) is 5.75 Å². The molecule has 0 atom stereocenters. The van der Waals surface area contributed by atoms with Gasteiger partial charge in [0.2, 0.25) is 0 Å². The van der Waals surface area contributed by atoms with Crippen LogP contribution in [0.15, 0.2) is 41.4 Å². The summed E-state index contributed by atoms with van der Waals surface area (Å²) in [5.41, 5.74) is 13.4.